The summed E-state index contributed by atoms with van der Waals surface area (Å²) in [4.78, 5) is 16.7. The number of carbonyl (C=O) groups is 1. The maximum Gasteiger partial charge on any atom is 0.418 e. The number of hydrogen-bond acceptors (Lipinski definition) is 4. The van der Waals surface area contributed by atoms with Crippen LogP contribution in [0.25, 0.3) is 0 Å². The van der Waals surface area contributed by atoms with Crippen LogP contribution < -0.4 is 9.62 Å². The van der Waals surface area contributed by atoms with Crippen molar-refractivity contribution in [3.63, 3.8) is 0 Å². The molecular formula is C28H23ClF3N3O3S. The molecule has 1 N–H and O–H groups in total. The molecule has 0 aliphatic carbocycles. The molecule has 0 saturated heterocycles. The van der Waals surface area contributed by atoms with Gasteiger partial charge >= 0.3 is 6.18 Å². The van der Waals surface area contributed by atoms with Gasteiger partial charge in [-0.2, -0.15) is 13.2 Å². The number of nitrogens with one attached hydrogen (secondary N) is 1. The third-order valence-electron chi connectivity index (χ3n) is 5.84. The van der Waals surface area contributed by atoms with E-state index in [2.05, 4.69) is 10.3 Å². The highest BCUT2D eigenvalue weighted by Crippen LogP contribution is 2.39. The summed E-state index contributed by atoms with van der Waals surface area (Å²) in [6, 6.07) is 20.1. The quantitative estimate of drug-likeness (QED) is 0.259. The average Bonchev–Trinajstić information content (AvgIpc) is 2.88. The van der Waals surface area contributed by atoms with E-state index in [9.17, 15) is 26.4 Å². The number of aromatic nitrogens is 1. The Morgan fingerprint density at radius 1 is 0.897 bits per heavy atom. The van der Waals surface area contributed by atoms with Crippen molar-refractivity contribution in [1.29, 1.82) is 0 Å². The van der Waals surface area contributed by atoms with Crippen LogP contribution in [0.3, 0.4) is 0 Å². The molecule has 11 heteroatoms. The Balaban J connectivity index is 1.47. The molecule has 1 aromatic heterocycles. The normalized spacial score (nSPS) is 11.7. The summed E-state index contributed by atoms with van der Waals surface area (Å²) in [5.41, 5.74) is 1.75. The summed E-state index contributed by atoms with van der Waals surface area (Å²) >= 11 is 5.74. The molecule has 0 radical (unpaired) electrons. The smallest absolute Gasteiger partial charge is 0.322 e. The number of rotatable bonds is 8. The van der Waals surface area contributed by atoms with E-state index in [0.29, 0.717) is 27.2 Å². The molecule has 4 rings (SSSR count). The van der Waals surface area contributed by atoms with E-state index in [1.165, 1.54) is 30.3 Å². The monoisotopic (exact) mass is 573 g/mol. The van der Waals surface area contributed by atoms with E-state index < -0.39 is 27.5 Å². The summed E-state index contributed by atoms with van der Waals surface area (Å²) in [7, 11) is -4.09. The minimum atomic E-state index is -4.82. The first kappa shape index (κ1) is 28.1. The van der Waals surface area contributed by atoms with E-state index in [4.69, 9.17) is 11.6 Å². The lowest BCUT2D eigenvalue weighted by atomic mass is 10.1. The highest BCUT2D eigenvalue weighted by Gasteiger charge is 2.37. The summed E-state index contributed by atoms with van der Waals surface area (Å²) in [5.74, 6) is -0.388. The van der Waals surface area contributed by atoms with Gasteiger partial charge in [0, 0.05) is 28.7 Å². The number of hydrogen-bond donors (Lipinski definition) is 1. The van der Waals surface area contributed by atoms with Crippen LogP contribution in [0.4, 0.5) is 24.5 Å². The number of amides is 1. The summed E-state index contributed by atoms with van der Waals surface area (Å²) in [6.45, 7) is -0.371. The lowest BCUT2D eigenvalue weighted by Gasteiger charge is -2.26. The van der Waals surface area contributed by atoms with Crippen molar-refractivity contribution in [1.82, 2.24) is 4.98 Å². The second-order valence-corrected chi connectivity index (χ2v) is 11.2. The second kappa shape index (κ2) is 11.5. The number of sulfonamides is 1. The van der Waals surface area contributed by atoms with Crippen LogP contribution in [0.1, 0.15) is 32.6 Å². The highest BCUT2D eigenvalue weighted by molar-refractivity contribution is 7.92. The maximum atomic E-state index is 13.6. The number of alkyl halides is 3. The van der Waals surface area contributed by atoms with E-state index in [1.807, 2.05) is 24.3 Å². The van der Waals surface area contributed by atoms with Crippen molar-refractivity contribution in [2.45, 2.75) is 19.1 Å². The number of nitrogens with zero attached hydrogens (tertiary/aromatic N) is 2. The molecule has 0 bridgehead atoms. The fourth-order valence-corrected chi connectivity index (χ4v) is 4.98. The molecule has 202 valence electrons. The van der Waals surface area contributed by atoms with E-state index in [0.717, 1.165) is 29.9 Å². The minimum absolute atomic E-state index is 0.168. The zero-order valence-corrected chi connectivity index (χ0v) is 22.2. The van der Waals surface area contributed by atoms with Crippen LogP contribution in [0.2, 0.25) is 5.02 Å². The van der Waals surface area contributed by atoms with Crippen molar-refractivity contribution in [3.8, 4) is 0 Å². The highest BCUT2D eigenvalue weighted by atomic mass is 35.5. The van der Waals surface area contributed by atoms with Gasteiger partial charge in [-0.1, -0.05) is 35.9 Å². The fourth-order valence-electron chi connectivity index (χ4n) is 3.91. The van der Waals surface area contributed by atoms with Crippen LogP contribution in [-0.2, 0) is 29.2 Å². The Bertz CT molecular complexity index is 1560. The first-order valence-corrected chi connectivity index (χ1v) is 13.9. The van der Waals surface area contributed by atoms with Crippen LogP contribution in [0.15, 0.2) is 91.3 Å². The zero-order chi connectivity index (χ0) is 28.2. The molecule has 1 amide bonds. The summed E-state index contributed by atoms with van der Waals surface area (Å²) < 4.78 is 66.5. The average molecular weight is 574 g/mol. The molecule has 0 spiro atoms. The molecule has 0 unspecified atom stereocenters. The molecular weight excluding hydrogens is 551 g/mol. The molecule has 0 aliphatic heterocycles. The molecule has 6 nitrogen and oxygen atoms in total. The van der Waals surface area contributed by atoms with Crippen molar-refractivity contribution < 1.29 is 26.4 Å². The number of halogens is 4. The number of anilines is 2. The van der Waals surface area contributed by atoms with Crippen molar-refractivity contribution >= 4 is 38.9 Å². The first-order chi connectivity index (χ1) is 18.4. The van der Waals surface area contributed by atoms with Crippen molar-refractivity contribution in [2.75, 3.05) is 15.9 Å². The summed E-state index contributed by atoms with van der Waals surface area (Å²) in [5, 5.41) is 2.63. The van der Waals surface area contributed by atoms with Crippen LogP contribution >= 0.6 is 11.6 Å². The van der Waals surface area contributed by atoms with Gasteiger partial charge < -0.3 is 5.32 Å². The molecule has 3 aromatic carbocycles. The van der Waals surface area contributed by atoms with Gasteiger partial charge in [-0.05, 0) is 77.7 Å². The maximum absolute atomic E-state index is 13.6. The van der Waals surface area contributed by atoms with Gasteiger partial charge in [0.15, 0.2) is 0 Å². The molecule has 39 heavy (non-hydrogen) atoms. The molecule has 0 aliphatic rings. The third-order valence-corrected chi connectivity index (χ3v) is 7.21. The van der Waals surface area contributed by atoms with Crippen molar-refractivity contribution in [2.24, 2.45) is 0 Å². The van der Waals surface area contributed by atoms with Crippen LogP contribution in [-0.4, -0.2) is 25.6 Å². The standard InChI is InChI=1S/C28H23ClF3N3O3S/c1-39(37,38)35(26-11-8-23(29)17-25(26)28(30,31)32)18-21-2-6-22(7-3-21)27(36)34-24-9-4-19(5-10-24)16-20-12-14-33-15-13-20/h2-15,17H,16,18H2,1H3,(H,34,36). The van der Waals surface area contributed by atoms with E-state index in [1.54, 1.807) is 24.5 Å². The Morgan fingerprint density at radius 3 is 2.08 bits per heavy atom. The van der Waals surface area contributed by atoms with Gasteiger partial charge in [0.05, 0.1) is 24.1 Å². The SMILES string of the molecule is CS(=O)(=O)N(Cc1ccc(C(=O)Nc2ccc(Cc3ccncc3)cc2)cc1)c1ccc(Cl)cc1C(F)(F)F. The molecule has 0 atom stereocenters. The number of benzene rings is 3. The van der Waals surface area contributed by atoms with Crippen molar-refractivity contribution in [3.05, 3.63) is 124 Å². The molecule has 0 fully saturated rings. The molecule has 4 aromatic rings. The van der Waals surface area contributed by atoms with Crippen LogP contribution in [0, 0.1) is 0 Å². The minimum Gasteiger partial charge on any atom is -0.322 e. The predicted octanol–water partition coefficient (Wildman–Crippen LogP) is 6.56. The largest absolute Gasteiger partial charge is 0.418 e. The lowest BCUT2D eigenvalue weighted by molar-refractivity contribution is -0.137. The Morgan fingerprint density at radius 2 is 1.49 bits per heavy atom. The predicted molar refractivity (Wildman–Crippen MR) is 145 cm³/mol. The zero-order valence-electron chi connectivity index (χ0n) is 20.6. The Hall–Kier alpha value is -3.89. The number of pyridine rings is 1. The topological polar surface area (TPSA) is 79.4 Å². The van der Waals surface area contributed by atoms with Gasteiger partial charge in [0.1, 0.15) is 0 Å². The molecule has 0 saturated carbocycles. The van der Waals surface area contributed by atoms with Gasteiger partial charge in [-0.3, -0.25) is 14.1 Å². The Labute approximate surface area is 229 Å². The Kier molecular flexibility index (Phi) is 8.27. The van der Waals surface area contributed by atoms with Crippen LogP contribution in [0.5, 0.6) is 0 Å². The van der Waals surface area contributed by atoms with E-state index >= 15 is 0 Å². The first-order valence-electron chi connectivity index (χ1n) is 11.6. The van der Waals surface area contributed by atoms with E-state index in [-0.39, 0.29) is 17.5 Å². The lowest BCUT2D eigenvalue weighted by Crippen LogP contribution is -2.31. The van der Waals surface area contributed by atoms with Gasteiger partial charge in [-0.15, -0.1) is 0 Å². The van der Waals surface area contributed by atoms with Gasteiger partial charge in [-0.25, -0.2) is 8.42 Å². The number of carbonyl (C=O) groups excluding carboxylic acids is 1. The van der Waals surface area contributed by atoms with Gasteiger partial charge in [0.25, 0.3) is 5.91 Å². The fraction of sp³-hybridized carbons (Fsp3) is 0.143. The third kappa shape index (κ3) is 7.36. The second-order valence-electron chi connectivity index (χ2n) is 8.81. The molecule has 1 heterocycles. The van der Waals surface area contributed by atoms with Gasteiger partial charge in [0.2, 0.25) is 10.0 Å². The summed E-state index contributed by atoms with van der Waals surface area (Å²) in [6.07, 6.45) is 0.189.